The molecule has 0 atom stereocenters. The molecule has 0 bridgehead atoms. The van der Waals surface area contributed by atoms with Crippen LogP contribution in [0.2, 0.25) is 0 Å². The third kappa shape index (κ3) is 5.58. The van der Waals surface area contributed by atoms with E-state index in [1.165, 1.54) is 24.3 Å². The van der Waals surface area contributed by atoms with E-state index in [4.69, 9.17) is 0 Å². The van der Waals surface area contributed by atoms with Gasteiger partial charge in [-0.05, 0) is 30.7 Å². The van der Waals surface area contributed by atoms with Gasteiger partial charge in [-0.2, -0.15) is 0 Å². The first-order valence-electron chi connectivity index (χ1n) is 5.82. The number of rotatable bonds is 7. The minimum absolute atomic E-state index is 0.114. The van der Waals surface area contributed by atoms with Crippen molar-refractivity contribution in [1.82, 2.24) is 4.72 Å². The molecule has 1 aromatic rings. The summed E-state index contributed by atoms with van der Waals surface area (Å²) >= 11 is 0. The van der Waals surface area contributed by atoms with Crippen LogP contribution < -0.4 is 9.44 Å². The number of unbranched alkanes of at least 4 members (excludes halogenated alkanes) is 1. The molecule has 8 heteroatoms. The second-order valence-corrected chi connectivity index (χ2v) is 7.67. The van der Waals surface area contributed by atoms with Gasteiger partial charge in [0.15, 0.2) is 0 Å². The molecule has 19 heavy (non-hydrogen) atoms. The molecule has 6 nitrogen and oxygen atoms in total. The van der Waals surface area contributed by atoms with Crippen LogP contribution in [0.15, 0.2) is 29.2 Å². The average Bonchev–Trinajstić information content (AvgIpc) is 2.27. The van der Waals surface area contributed by atoms with Gasteiger partial charge < -0.3 is 0 Å². The second-order valence-electron chi connectivity index (χ2n) is 4.15. The molecule has 0 fully saturated rings. The van der Waals surface area contributed by atoms with E-state index in [9.17, 15) is 16.8 Å². The standard InChI is InChI=1S/C11H18N2O4S2/c1-3-4-9-12-19(16,17)11-7-5-10(6-8-11)13-18(2,14)15/h5-8,12-13H,3-4,9H2,1-2H3. The summed E-state index contributed by atoms with van der Waals surface area (Å²) in [6.45, 7) is 2.36. The van der Waals surface area contributed by atoms with E-state index in [0.717, 1.165) is 19.1 Å². The normalized spacial score (nSPS) is 12.3. The lowest BCUT2D eigenvalue weighted by molar-refractivity contribution is 0.578. The van der Waals surface area contributed by atoms with Crippen molar-refractivity contribution < 1.29 is 16.8 Å². The Labute approximate surface area is 114 Å². The second kappa shape index (κ2) is 6.36. The molecule has 108 valence electrons. The Morgan fingerprint density at radius 1 is 1.05 bits per heavy atom. The van der Waals surface area contributed by atoms with Gasteiger partial charge in [0.05, 0.1) is 11.2 Å². The van der Waals surface area contributed by atoms with Crippen LogP contribution in [0, 0.1) is 0 Å². The van der Waals surface area contributed by atoms with Crippen molar-refractivity contribution in [3.63, 3.8) is 0 Å². The number of nitrogens with one attached hydrogen (secondary N) is 2. The molecule has 0 spiro atoms. The first-order valence-corrected chi connectivity index (χ1v) is 9.19. The minimum atomic E-state index is -3.52. The summed E-state index contributed by atoms with van der Waals surface area (Å²) in [6, 6.07) is 5.55. The highest BCUT2D eigenvalue weighted by Crippen LogP contribution is 2.14. The van der Waals surface area contributed by atoms with Crippen LogP contribution in [0.4, 0.5) is 5.69 Å². The van der Waals surface area contributed by atoms with E-state index in [1.807, 2.05) is 6.92 Å². The Balaban J connectivity index is 2.81. The fourth-order valence-electron chi connectivity index (χ4n) is 1.38. The average molecular weight is 306 g/mol. The smallest absolute Gasteiger partial charge is 0.240 e. The van der Waals surface area contributed by atoms with Crippen LogP contribution in [0.25, 0.3) is 0 Å². The van der Waals surface area contributed by atoms with Crippen molar-refractivity contribution in [2.75, 3.05) is 17.5 Å². The zero-order chi connectivity index (χ0) is 14.5. The molecular formula is C11H18N2O4S2. The summed E-state index contributed by atoms with van der Waals surface area (Å²) in [5.41, 5.74) is 0.329. The summed E-state index contributed by atoms with van der Waals surface area (Å²) in [7, 11) is -6.88. The fourth-order valence-corrected chi connectivity index (χ4v) is 3.02. The molecule has 0 heterocycles. The Bertz CT molecular complexity index is 607. The molecule has 1 aromatic carbocycles. The number of sulfonamides is 2. The Morgan fingerprint density at radius 2 is 1.63 bits per heavy atom. The zero-order valence-corrected chi connectivity index (χ0v) is 12.5. The van der Waals surface area contributed by atoms with Gasteiger partial charge in [0.25, 0.3) is 0 Å². The summed E-state index contributed by atoms with van der Waals surface area (Å²) in [4.78, 5) is 0.114. The monoisotopic (exact) mass is 306 g/mol. The lowest BCUT2D eigenvalue weighted by Crippen LogP contribution is -2.24. The molecular weight excluding hydrogens is 288 g/mol. The molecule has 2 N–H and O–H groups in total. The van der Waals surface area contributed by atoms with Crippen molar-refractivity contribution in [3.05, 3.63) is 24.3 Å². The van der Waals surface area contributed by atoms with E-state index in [2.05, 4.69) is 9.44 Å². The number of benzene rings is 1. The quantitative estimate of drug-likeness (QED) is 0.739. The molecule has 0 saturated heterocycles. The van der Waals surface area contributed by atoms with Gasteiger partial charge in [-0.15, -0.1) is 0 Å². The lowest BCUT2D eigenvalue weighted by Gasteiger charge is -2.07. The zero-order valence-electron chi connectivity index (χ0n) is 10.9. The lowest BCUT2D eigenvalue weighted by atomic mass is 10.3. The first kappa shape index (κ1) is 15.9. The van der Waals surface area contributed by atoms with Crippen LogP contribution in [0.1, 0.15) is 19.8 Å². The molecule has 0 aliphatic heterocycles. The maximum Gasteiger partial charge on any atom is 0.240 e. The summed E-state index contributed by atoms with van der Waals surface area (Å²) in [5, 5.41) is 0. The molecule has 0 amide bonds. The SMILES string of the molecule is CCCCNS(=O)(=O)c1ccc(NS(C)(=O)=O)cc1. The molecule has 0 saturated carbocycles. The van der Waals surface area contributed by atoms with E-state index >= 15 is 0 Å². The van der Waals surface area contributed by atoms with Gasteiger partial charge in [0.1, 0.15) is 0 Å². The van der Waals surface area contributed by atoms with E-state index in [1.54, 1.807) is 0 Å². The van der Waals surface area contributed by atoms with Crippen LogP contribution in [0.3, 0.4) is 0 Å². The predicted octanol–water partition coefficient (Wildman–Crippen LogP) is 1.14. The van der Waals surface area contributed by atoms with E-state index in [0.29, 0.717) is 12.2 Å². The van der Waals surface area contributed by atoms with Gasteiger partial charge in [-0.3, -0.25) is 4.72 Å². The van der Waals surface area contributed by atoms with Crippen molar-refractivity contribution in [2.45, 2.75) is 24.7 Å². The van der Waals surface area contributed by atoms with Gasteiger partial charge in [-0.25, -0.2) is 21.6 Å². The van der Waals surface area contributed by atoms with Crippen LogP contribution >= 0.6 is 0 Å². The maximum atomic E-state index is 11.9. The molecule has 0 aliphatic rings. The third-order valence-electron chi connectivity index (χ3n) is 2.29. The number of anilines is 1. The predicted molar refractivity (Wildman–Crippen MR) is 75.0 cm³/mol. The Morgan fingerprint density at radius 3 is 2.11 bits per heavy atom. The largest absolute Gasteiger partial charge is 0.284 e. The van der Waals surface area contributed by atoms with Gasteiger partial charge in [-0.1, -0.05) is 13.3 Å². The highest BCUT2D eigenvalue weighted by atomic mass is 32.2. The van der Waals surface area contributed by atoms with Gasteiger partial charge in [0.2, 0.25) is 20.0 Å². The van der Waals surface area contributed by atoms with Crippen molar-refractivity contribution >= 4 is 25.7 Å². The summed E-state index contributed by atoms with van der Waals surface area (Å²) < 4.78 is 50.5. The number of hydrogen-bond acceptors (Lipinski definition) is 4. The van der Waals surface area contributed by atoms with E-state index in [-0.39, 0.29) is 4.90 Å². The highest BCUT2D eigenvalue weighted by Gasteiger charge is 2.13. The topological polar surface area (TPSA) is 92.3 Å². The summed E-state index contributed by atoms with van der Waals surface area (Å²) in [5.74, 6) is 0. The fraction of sp³-hybridized carbons (Fsp3) is 0.455. The molecule has 0 aromatic heterocycles. The van der Waals surface area contributed by atoms with Gasteiger partial charge >= 0.3 is 0 Å². The maximum absolute atomic E-state index is 11.9. The van der Waals surface area contributed by atoms with Crippen molar-refractivity contribution in [2.24, 2.45) is 0 Å². The Hall–Kier alpha value is -1.12. The van der Waals surface area contributed by atoms with E-state index < -0.39 is 20.0 Å². The molecule has 0 radical (unpaired) electrons. The molecule has 0 unspecified atom stereocenters. The third-order valence-corrected chi connectivity index (χ3v) is 4.37. The first-order chi connectivity index (χ1) is 8.74. The highest BCUT2D eigenvalue weighted by molar-refractivity contribution is 7.92. The number of hydrogen-bond donors (Lipinski definition) is 2. The van der Waals surface area contributed by atoms with Crippen LogP contribution in [-0.4, -0.2) is 29.6 Å². The minimum Gasteiger partial charge on any atom is -0.284 e. The van der Waals surface area contributed by atoms with Crippen LogP contribution in [-0.2, 0) is 20.0 Å². The Kier molecular flexibility index (Phi) is 5.33. The van der Waals surface area contributed by atoms with Crippen LogP contribution in [0.5, 0.6) is 0 Å². The van der Waals surface area contributed by atoms with Crippen molar-refractivity contribution in [3.8, 4) is 0 Å². The molecule has 1 rings (SSSR count). The summed E-state index contributed by atoms with van der Waals surface area (Å²) in [6.07, 6.45) is 2.71. The van der Waals surface area contributed by atoms with Crippen molar-refractivity contribution in [1.29, 1.82) is 0 Å². The van der Waals surface area contributed by atoms with Gasteiger partial charge in [0, 0.05) is 12.2 Å². The molecule has 0 aliphatic carbocycles.